The number of hydrogen-bond donors (Lipinski definition) is 3. The van der Waals surface area contributed by atoms with Crippen LogP contribution in [0.15, 0.2) is 36.4 Å². The molecule has 1 aliphatic rings. The van der Waals surface area contributed by atoms with Gasteiger partial charge in [0.1, 0.15) is 12.3 Å². The number of ether oxygens (including phenoxy) is 1. The van der Waals surface area contributed by atoms with E-state index in [0.29, 0.717) is 31.0 Å². The van der Waals surface area contributed by atoms with Crippen LogP contribution in [-0.2, 0) is 11.3 Å². The number of nitrogens with zero attached hydrogens (tertiary/aromatic N) is 5. The Morgan fingerprint density at radius 1 is 1.15 bits per heavy atom. The number of nitrogens with one attached hydrogen (secondary N) is 2. The number of halogens is 3. The van der Waals surface area contributed by atoms with Crippen molar-refractivity contribution in [3.05, 3.63) is 53.5 Å². The number of benzene rings is 2. The summed E-state index contributed by atoms with van der Waals surface area (Å²) in [7, 11) is 0. The number of phenolic OH excluding ortho intramolecular Hbond substituents is 1. The van der Waals surface area contributed by atoms with Crippen molar-refractivity contribution in [1.29, 1.82) is 0 Å². The number of carbonyl (C=O) groups is 1. The second-order valence-corrected chi connectivity index (χ2v) is 9.71. The summed E-state index contributed by atoms with van der Waals surface area (Å²) in [5, 5.41) is 28.8. The summed E-state index contributed by atoms with van der Waals surface area (Å²) < 4.78 is 45.2. The summed E-state index contributed by atoms with van der Waals surface area (Å²) in [6.07, 6.45) is -4.59. The van der Waals surface area contributed by atoms with Gasteiger partial charge in [-0.3, -0.25) is 19.4 Å². The first-order valence-electron chi connectivity index (χ1n) is 12.5. The van der Waals surface area contributed by atoms with Gasteiger partial charge < -0.3 is 15.2 Å². The highest BCUT2D eigenvalue weighted by atomic mass is 19.4. The summed E-state index contributed by atoms with van der Waals surface area (Å²) in [4.78, 5) is 15.1. The van der Waals surface area contributed by atoms with Crippen molar-refractivity contribution in [1.82, 2.24) is 35.2 Å². The van der Waals surface area contributed by atoms with Crippen molar-refractivity contribution in [2.45, 2.75) is 32.5 Å². The number of carbonyl (C=O) groups excluding carboxylic acids is 1. The van der Waals surface area contributed by atoms with Gasteiger partial charge in [0.25, 0.3) is 5.91 Å². The van der Waals surface area contributed by atoms with Gasteiger partial charge in [-0.25, -0.2) is 0 Å². The van der Waals surface area contributed by atoms with Crippen molar-refractivity contribution in [2.75, 3.05) is 32.8 Å². The van der Waals surface area contributed by atoms with Gasteiger partial charge in [-0.15, -0.1) is 10.2 Å². The summed E-state index contributed by atoms with van der Waals surface area (Å²) in [5.74, 6) is -1.36. The minimum absolute atomic E-state index is 0.0803. The van der Waals surface area contributed by atoms with Crippen LogP contribution in [0.5, 0.6) is 5.75 Å². The van der Waals surface area contributed by atoms with Crippen LogP contribution in [0.3, 0.4) is 0 Å². The van der Waals surface area contributed by atoms with Gasteiger partial charge in [0.2, 0.25) is 5.82 Å². The molecule has 1 aliphatic heterocycles. The molecule has 2 aromatic carbocycles. The third kappa shape index (κ3) is 5.73. The zero-order chi connectivity index (χ0) is 27.7. The molecule has 0 spiro atoms. The number of phenols is 1. The molecule has 0 aliphatic carbocycles. The molecule has 10 nitrogen and oxygen atoms in total. The molecular weight excluding hydrogens is 515 g/mol. The molecule has 0 unspecified atom stereocenters. The second kappa shape index (κ2) is 10.7. The van der Waals surface area contributed by atoms with Crippen LogP contribution < -0.4 is 5.32 Å². The molecule has 1 fully saturated rings. The molecule has 5 rings (SSSR count). The maximum atomic E-state index is 12.8. The Morgan fingerprint density at radius 3 is 2.54 bits per heavy atom. The van der Waals surface area contributed by atoms with Crippen LogP contribution in [0.1, 0.15) is 41.6 Å². The lowest BCUT2D eigenvalue weighted by Gasteiger charge is -2.26. The quantitative estimate of drug-likeness (QED) is 0.325. The Bertz CT molecular complexity index is 1470. The number of aromatic nitrogens is 5. The van der Waals surface area contributed by atoms with Crippen molar-refractivity contribution in [3.8, 4) is 22.8 Å². The Balaban J connectivity index is 1.57. The highest BCUT2D eigenvalue weighted by Crippen LogP contribution is 2.36. The zero-order valence-electron chi connectivity index (χ0n) is 21.4. The van der Waals surface area contributed by atoms with Crippen LogP contribution in [0.2, 0.25) is 0 Å². The normalized spacial score (nSPS) is 14.8. The topological polar surface area (TPSA) is 121 Å². The minimum Gasteiger partial charge on any atom is -0.507 e. The molecule has 0 bridgehead atoms. The Morgan fingerprint density at radius 2 is 1.87 bits per heavy atom. The zero-order valence-corrected chi connectivity index (χ0v) is 21.4. The van der Waals surface area contributed by atoms with E-state index in [2.05, 4.69) is 25.3 Å². The van der Waals surface area contributed by atoms with Crippen LogP contribution >= 0.6 is 0 Å². The van der Waals surface area contributed by atoms with Crippen LogP contribution in [-0.4, -0.2) is 79.9 Å². The number of fused-ring (bicyclic) bond motifs is 1. The van der Waals surface area contributed by atoms with E-state index in [1.54, 1.807) is 18.2 Å². The first-order chi connectivity index (χ1) is 18.6. The van der Waals surface area contributed by atoms with E-state index < -0.39 is 18.6 Å². The summed E-state index contributed by atoms with van der Waals surface area (Å²) in [6.45, 7) is 6.11. The van der Waals surface area contributed by atoms with Gasteiger partial charge in [0, 0.05) is 36.8 Å². The monoisotopic (exact) mass is 543 g/mol. The van der Waals surface area contributed by atoms with E-state index >= 15 is 0 Å². The molecule has 0 saturated carbocycles. The summed E-state index contributed by atoms with van der Waals surface area (Å²) in [5.41, 5.74) is 3.11. The third-order valence-electron chi connectivity index (χ3n) is 6.52. The second-order valence-electron chi connectivity index (χ2n) is 9.71. The summed E-state index contributed by atoms with van der Waals surface area (Å²) in [6, 6.07) is 10.4. The first kappa shape index (κ1) is 26.6. The molecule has 1 saturated heterocycles. The number of H-pyrrole nitrogens is 1. The first-order valence-corrected chi connectivity index (χ1v) is 12.5. The molecule has 3 heterocycles. The standard InChI is InChI=1S/C26H28F3N7O3/c1-15(2)22-18-11-19(21(37)12-20(18)31-32-22)23-33-34-24(25(38)30-14-26(27,28)29)36(23)17-5-3-16(4-6-17)13-35-7-9-39-10-8-35/h3-6,11-12,15,37H,7-10,13-14H2,1-2H3,(H,30,38)(H,31,32). The smallest absolute Gasteiger partial charge is 0.405 e. The summed E-state index contributed by atoms with van der Waals surface area (Å²) >= 11 is 0. The van der Waals surface area contributed by atoms with Crippen molar-refractivity contribution in [3.63, 3.8) is 0 Å². The molecule has 1 amide bonds. The van der Waals surface area contributed by atoms with Crippen LogP contribution in [0.25, 0.3) is 28.0 Å². The van der Waals surface area contributed by atoms with Gasteiger partial charge in [-0.05, 0) is 29.7 Å². The number of hydrogen-bond acceptors (Lipinski definition) is 7. The third-order valence-corrected chi connectivity index (χ3v) is 6.52. The Hall–Kier alpha value is -3.97. The van der Waals surface area contributed by atoms with E-state index in [-0.39, 0.29) is 28.9 Å². The number of aromatic amines is 1. The average Bonchev–Trinajstić information content (AvgIpc) is 3.52. The fraction of sp³-hybridized carbons (Fsp3) is 0.385. The Labute approximate surface area is 221 Å². The lowest BCUT2D eigenvalue weighted by molar-refractivity contribution is -0.123. The van der Waals surface area contributed by atoms with Crippen molar-refractivity contribution < 1.29 is 27.8 Å². The van der Waals surface area contributed by atoms with Gasteiger partial charge in [0.05, 0.1) is 30.0 Å². The maximum Gasteiger partial charge on any atom is 0.405 e. The lowest BCUT2D eigenvalue weighted by atomic mass is 10.0. The van der Waals surface area contributed by atoms with Gasteiger partial charge >= 0.3 is 6.18 Å². The number of morpholine rings is 1. The fourth-order valence-corrected chi connectivity index (χ4v) is 4.57. The highest BCUT2D eigenvalue weighted by Gasteiger charge is 2.30. The van der Waals surface area contributed by atoms with Crippen LogP contribution in [0.4, 0.5) is 13.2 Å². The van der Waals surface area contributed by atoms with Gasteiger partial charge in [0.15, 0.2) is 5.82 Å². The molecule has 4 aromatic rings. The molecule has 2 aromatic heterocycles. The largest absolute Gasteiger partial charge is 0.507 e. The van der Waals surface area contributed by atoms with Gasteiger partial charge in [-0.1, -0.05) is 26.0 Å². The number of aromatic hydroxyl groups is 1. The Kier molecular flexibility index (Phi) is 7.28. The van der Waals surface area contributed by atoms with E-state index in [9.17, 15) is 23.1 Å². The molecule has 13 heteroatoms. The molecule has 3 N–H and O–H groups in total. The molecule has 39 heavy (non-hydrogen) atoms. The van der Waals surface area contributed by atoms with E-state index in [1.165, 1.54) is 10.6 Å². The van der Waals surface area contributed by atoms with E-state index in [4.69, 9.17) is 4.74 Å². The number of alkyl halides is 3. The lowest BCUT2D eigenvalue weighted by Crippen LogP contribution is -2.35. The molecule has 0 radical (unpaired) electrons. The molecule has 0 atom stereocenters. The van der Waals surface area contributed by atoms with Gasteiger partial charge in [-0.2, -0.15) is 18.3 Å². The predicted octanol–water partition coefficient (Wildman–Crippen LogP) is 3.76. The van der Waals surface area contributed by atoms with E-state index in [1.807, 2.05) is 31.3 Å². The van der Waals surface area contributed by atoms with E-state index in [0.717, 1.165) is 29.7 Å². The highest BCUT2D eigenvalue weighted by molar-refractivity contribution is 5.93. The maximum absolute atomic E-state index is 12.8. The predicted molar refractivity (Wildman–Crippen MR) is 137 cm³/mol. The SMILES string of the molecule is CC(C)c1n[nH]c2cc(O)c(-c3nnc(C(=O)NCC(F)(F)F)n3-c3ccc(CN4CCOCC4)cc3)cc12. The number of rotatable bonds is 7. The minimum atomic E-state index is -4.59. The molecular formula is C26H28F3N7O3. The number of amides is 1. The molecule has 206 valence electrons. The fourth-order valence-electron chi connectivity index (χ4n) is 4.57. The van der Waals surface area contributed by atoms with Crippen molar-refractivity contribution >= 4 is 16.8 Å². The average molecular weight is 544 g/mol. The van der Waals surface area contributed by atoms with Crippen LogP contribution in [0, 0.1) is 0 Å². The van der Waals surface area contributed by atoms with Crippen molar-refractivity contribution in [2.24, 2.45) is 0 Å².